The summed E-state index contributed by atoms with van der Waals surface area (Å²) in [5, 5.41) is 28.4. The Morgan fingerprint density at radius 3 is 1.38 bits per heavy atom. The van der Waals surface area contributed by atoms with Gasteiger partial charge in [-0.15, -0.1) is 0 Å². The fourth-order valence-electron chi connectivity index (χ4n) is 11.0. The van der Waals surface area contributed by atoms with Gasteiger partial charge in [0.2, 0.25) is 5.52 Å². The molecule has 0 fully saturated rings. The lowest BCUT2D eigenvalue weighted by atomic mass is 9.87. The largest absolute Gasteiger partial charge is 0.618 e. The minimum Gasteiger partial charge on any atom is -0.618 e. The second-order valence-corrected chi connectivity index (χ2v) is 32.5. The summed E-state index contributed by atoms with van der Waals surface area (Å²) < 4.78 is 99.1. The van der Waals surface area contributed by atoms with E-state index in [-0.39, 0.29) is 53.7 Å². The van der Waals surface area contributed by atoms with Crippen LogP contribution in [0.25, 0.3) is 49.8 Å². The molecule has 0 unspecified atom stereocenters. The predicted octanol–water partition coefficient (Wildman–Crippen LogP) is 15.0. The molecule has 0 bridgehead atoms. The molecule has 0 amide bonds. The number of sulfone groups is 3. The van der Waals surface area contributed by atoms with Crippen molar-refractivity contribution in [1.82, 2.24) is 39.3 Å². The van der Waals surface area contributed by atoms with Gasteiger partial charge in [-0.25, -0.2) is 43.7 Å². The van der Waals surface area contributed by atoms with Gasteiger partial charge in [0.1, 0.15) is 11.3 Å². The molecule has 0 saturated carbocycles. The van der Waals surface area contributed by atoms with Gasteiger partial charge in [-0.2, -0.15) is 20.0 Å². The first-order valence-electron chi connectivity index (χ1n) is 30.0. The van der Waals surface area contributed by atoms with E-state index in [4.69, 9.17) is 11.6 Å². The highest BCUT2D eigenvalue weighted by Gasteiger charge is 2.27. The number of rotatable bonds is 12. The van der Waals surface area contributed by atoms with Crippen LogP contribution in [-0.2, 0) is 63.0 Å². The van der Waals surface area contributed by atoms with Crippen molar-refractivity contribution in [1.29, 1.82) is 0 Å². The van der Waals surface area contributed by atoms with E-state index in [9.17, 15) is 34.9 Å². The molecule has 480 valence electrons. The van der Waals surface area contributed by atoms with Crippen molar-refractivity contribution in [3.05, 3.63) is 255 Å². The molecule has 0 saturated heterocycles. The lowest BCUT2D eigenvalue weighted by Crippen LogP contribution is -2.26. The number of benzene rings is 6. The highest BCUT2D eigenvalue weighted by atomic mass is 35.5. The first-order valence-corrected chi connectivity index (χ1v) is 35.4. The zero-order valence-electron chi connectivity index (χ0n) is 53.9. The Hall–Kier alpha value is -8.95. The molecular formula is C72H73ClFN9O7S3. The molecule has 12 rings (SSSR count). The predicted molar refractivity (Wildman–Crippen MR) is 365 cm³/mol. The van der Waals surface area contributed by atoms with E-state index in [2.05, 4.69) is 66.8 Å². The molecule has 6 aromatic heterocycles. The van der Waals surface area contributed by atoms with Crippen molar-refractivity contribution in [3.63, 3.8) is 0 Å². The average molecular weight is 1330 g/mol. The lowest BCUT2D eigenvalue weighted by molar-refractivity contribution is -0.577. The van der Waals surface area contributed by atoms with Crippen molar-refractivity contribution in [2.24, 2.45) is 0 Å². The number of halogens is 2. The third-order valence-corrected chi connectivity index (χ3v) is 21.1. The van der Waals surface area contributed by atoms with Gasteiger partial charge in [0.25, 0.3) is 0 Å². The van der Waals surface area contributed by atoms with E-state index in [1.54, 1.807) is 124 Å². The summed E-state index contributed by atoms with van der Waals surface area (Å²) in [7, 11) is -10.8. The van der Waals surface area contributed by atoms with Crippen LogP contribution in [0.4, 0.5) is 4.39 Å². The molecule has 0 N–H and O–H groups in total. The minimum absolute atomic E-state index is 0.0508. The molecule has 0 aliphatic rings. The highest BCUT2D eigenvalue weighted by molar-refractivity contribution is 7.91. The lowest BCUT2D eigenvalue weighted by Gasteiger charge is -2.21. The number of pyridine rings is 3. The van der Waals surface area contributed by atoms with Gasteiger partial charge in [0.05, 0.1) is 94.1 Å². The maximum Gasteiger partial charge on any atom is 0.225 e. The summed E-state index contributed by atoms with van der Waals surface area (Å²) in [5.74, 6) is -1.03. The average Bonchev–Trinajstić information content (AvgIpc) is 1.81. The Morgan fingerprint density at radius 1 is 0.462 bits per heavy atom. The quantitative estimate of drug-likeness (QED) is 0.0826. The Morgan fingerprint density at radius 2 is 0.892 bits per heavy atom. The standard InChI is InChI=1S/C24H24ClN3O2S.C24H24FN3O2S.C24H25N3O3S/c1-16-13-17(28(27-16)23-9-5-8-22-19(23)7-6-12-26-22)15-31(29,30)18-10-11-20(21(25)14-18)24(2,3)4;1-16-14-18(15-31(29,30)19-9-7-17(8-10-19)24(2,3)4)28(27-16)22-12-11-21(25)23-20(22)6-5-13-26-23;1-17-15-19(16-31(29,30)20-12-10-18(11-13-20)24(2,3)4)27(25-17)23-9-5-8-22-21(23)7-6-14-26(22)28/h2*5-14H,15H2,1-4H3;5-15H,16H2,1-4H3. The van der Waals surface area contributed by atoms with Gasteiger partial charge in [-0.3, -0.25) is 9.97 Å². The normalized spacial score (nSPS) is 12.4. The van der Waals surface area contributed by atoms with Gasteiger partial charge in [-0.1, -0.05) is 116 Å². The molecule has 0 atom stereocenters. The fourth-order valence-corrected chi connectivity index (χ4v) is 15.5. The topological polar surface area (TPSA) is 209 Å². The van der Waals surface area contributed by atoms with E-state index in [1.807, 2.05) is 101 Å². The van der Waals surface area contributed by atoms with Crippen LogP contribution in [0.1, 0.15) is 113 Å². The van der Waals surface area contributed by atoms with Crippen LogP contribution in [0.15, 0.2) is 203 Å². The molecule has 0 aliphatic carbocycles. The molecule has 0 radical (unpaired) electrons. The summed E-state index contributed by atoms with van der Waals surface area (Å²) in [5.41, 5.74) is 10.1. The summed E-state index contributed by atoms with van der Waals surface area (Å²) in [6.45, 7) is 24.1. The molecule has 93 heavy (non-hydrogen) atoms. The minimum atomic E-state index is -3.63. The molecule has 6 heterocycles. The monoisotopic (exact) mass is 1330 g/mol. The zero-order chi connectivity index (χ0) is 67.2. The van der Waals surface area contributed by atoms with Crippen LogP contribution >= 0.6 is 11.6 Å². The van der Waals surface area contributed by atoms with Crippen molar-refractivity contribution in [2.75, 3.05) is 0 Å². The van der Waals surface area contributed by atoms with Gasteiger partial charge in [0, 0.05) is 40.3 Å². The van der Waals surface area contributed by atoms with E-state index in [0.29, 0.717) is 61.2 Å². The number of aryl methyl sites for hydroxylation is 3. The van der Waals surface area contributed by atoms with Gasteiger partial charge in [-0.05, 0) is 169 Å². The number of fused-ring (bicyclic) bond motifs is 3. The zero-order valence-corrected chi connectivity index (χ0v) is 57.1. The first-order chi connectivity index (χ1) is 43.7. The second-order valence-electron chi connectivity index (χ2n) is 26.1. The number of aromatic nitrogens is 9. The van der Waals surface area contributed by atoms with Gasteiger partial charge in [0.15, 0.2) is 35.7 Å². The van der Waals surface area contributed by atoms with Gasteiger partial charge < -0.3 is 5.21 Å². The summed E-state index contributed by atoms with van der Waals surface area (Å²) in [4.78, 5) is 9.25. The maximum absolute atomic E-state index is 14.2. The molecule has 16 nitrogen and oxygen atoms in total. The van der Waals surface area contributed by atoms with Gasteiger partial charge >= 0.3 is 0 Å². The highest BCUT2D eigenvalue weighted by Crippen LogP contribution is 2.34. The van der Waals surface area contributed by atoms with Crippen LogP contribution in [-0.4, -0.2) is 64.6 Å². The van der Waals surface area contributed by atoms with Crippen molar-refractivity contribution < 1.29 is 34.4 Å². The third-order valence-electron chi connectivity index (χ3n) is 15.8. The second kappa shape index (κ2) is 25.9. The summed E-state index contributed by atoms with van der Waals surface area (Å²) >= 11 is 6.43. The third kappa shape index (κ3) is 14.8. The van der Waals surface area contributed by atoms with Crippen LogP contribution in [0.3, 0.4) is 0 Å². The van der Waals surface area contributed by atoms with E-state index >= 15 is 0 Å². The van der Waals surface area contributed by atoms with Crippen molar-refractivity contribution >= 4 is 73.8 Å². The molecular weight excluding hydrogens is 1250 g/mol. The van der Waals surface area contributed by atoms with Crippen LogP contribution < -0.4 is 4.73 Å². The summed E-state index contributed by atoms with van der Waals surface area (Å²) in [6, 6.07) is 49.2. The molecule has 6 aromatic carbocycles. The molecule has 0 aliphatic heterocycles. The fraction of sp³-hybridized carbons (Fsp3) is 0.250. The van der Waals surface area contributed by atoms with Crippen LogP contribution in [0.2, 0.25) is 5.02 Å². The Balaban J connectivity index is 0.000000153. The Kier molecular flexibility index (Phi) is 18.6. The summed E-state index contributed by atoms with van der Waals surface area (Å²) in [6.07, 6.45) is 4.69. The van der Waals surface area contributed by atoms with E-state index in [1.165, 1.54) is 18.5 Å². The van der Waals surface area contributed by atoms with E-state index < -0.39 is 35.3 Å². The SMILES string of the molecule is Cc1cc(CS(=O)(=O)c2ccc(C(C)(C)C)c(Cl)c2)n(-c2cccc3ncccc23)n1.Cc1cc(CS(=O)(=O)c2ccc(C(C)(C)C)cc2)n(-c2ccc(F)c3ncccc23)n1.Cc1cc(CS(=O)(=O)c2ccc(C(C)(C)C)cc2)n(-c2cccc3c2ccc[n+]3[O-])n1. The Bertz CT molecular complexity index is 4970. The number of hydrogen-bond donors (Lipinski definition) is 0. The first kappa shape index (κ1) is 67.0. The van der Waals surface area contributed by atoms with Crippen molar-refractivity contribution in [3.8, 4) is 17.1 Å². The van der Waals surface area contributed by atoms with Crippen LogP contribution in [0.5, 0.6) is 0 Å². The van der Waals surface area contributed by atoms with Crippen molar-refractivity contribution in [2.45, 2.75) is 131 Å². The Labute approximate surface area is 547 Å². The molecule has 21 heteroatoms. The molecule has 12 aromatic rings. The molecule has 0 spiro atoms. The van der Waals surface area contributed by atoms with E-state index in [0.717, 1.165) is 43.7 Å². The van der Waals surface area contributed by atoms with Crippen LogP contribution in [0, 0.1) is 31.8 Å². The maximum atomic E-state index is 14.2. The smallest absolute Gasteiger partial charge is 0.225 e. The number of nitrogens with zero attached hydrogens (tertiary/aromatic N) is 9. The number of hydrogen-bond acceptors (Lipinski definition) is 12.